The lowest BCUT2D eigenvalue weighted by Gasteiger charge is -2.35. The number of allylic oxidation sites excluding steroid dienone is 2. The van der Waals surface area contributed by atoms with E-state index in [1.807, 2.05) is 0 Å². The zero-order chi connectivity index (χ0) is 28.3. The molecule has 0 N–H and O–H groups in total. The predicted octanol–water partition coefficient (Wildman–Crippen LogP) is 9.08. The second-order valence-electron chi connectivity index (χ2n) is 11.5. The molecule has 2 heterocycles. The summed E-state index contributed by atoms with van der Waals surface area (Å²) < 4.78 is 6.61. The van der Waals surface area contributed by atoms with Crippen molar-refractivity contribution in [1.82, 2.24) is 0 Å². The molecule has 2 aliphatic carbocycles. The van der Waals surface area contributed by atoms with Crippen LogP contribution in [0.2, 0.25) is 0 Å². The molecule has 2 aliphatic heterocycles. The van der Waals surface area contributed by atoms with Gasteiger partial charge < -0.3 is 4.74 Å². The van der Waals surface area contributed by atoms with Gasteiger partial charge in [-0.05, 0) is 33.9 Å². The van der Waals surface area contributed by atoms with Crippen molar-refractivity contribution in [3.8, 4) is 28.0 Å². The minimum Gasteiger partial charge on any atom is -0.484 e. The molecule has 0 amide bonds. The van der Waals surface area contributed by atoms with Crippen LogP contribution < -0.4 is 4.74 Å². The van der Waals surface area contributed by atoms with E-state index in [1.165, 1.54) is 27.8 Å². The number of aliphatic imine (C=N–C) groups is 2. The van der Waals surface area contributed by atoms with Crippen LogP contribution in [-0.4, -0.2) is 17.5 Å². The van der Waals surface area contributed by atoms with Gasteiger partial charge in [0.15, 0.2) is 0 Å². The van der Waals surface area contributed by atoms with E-state index in [4.69, 9.17) is 14.7 Å². The van der Waals surface area contributed by atoms with Crippen molar-refractivity contribution >= 4 is 11.4 Å². The molecule has 4 unspecified atom stereocenters. The van der Waals surface area contributed by atoms with Gasteiger partial charge in [-0.2, -0.15) is 0 Å². The van der Waals surface area contributed by atoms with Crippen LogP contribution in [0.1, 0.15) is 45.8 Å². The fourth-order valence-corrected chi connectivity index (χ4v) is 7.23. The van der Waals surface area contributed by atoms with Gasteiger partial charge >= 0.3 is 0 Å². The third-order valence-corrected chi connectivity index (χ3v) is 9.17. The molecule has 0 aromatic heterocycles. The van der Waals surface area contributed by atoms with Crippen molar-refractivity contribution < 1.29 is 4.74 Å². The molecule has 5 aromatic rings. The molecular weight excluding hydrogens is 524 g/mol. The number of para-hydroxylation sites is 1. The number of hydrogen-bond acceptors (Lipinski definition) is 3. The molecule has 0 radical (unpaired) electrons. The van der Waals surface area contributed by atoms with E-state index in [9.17, 15) is 0 Å². The Balaban J connectivity index is 1.26. The second kappa shape index (κ2) is 9.64. The van der Waals surface area contributed by atoms with Crippen molar-refractivity contribution in [3.63, 3.8) is 0 Å². The summed E-state index contributed by atoms with van der Waals surface area (Å²) in [7, 11) is 0. The Bertz CT molecular complexity index is 2030. The maximum Gasteiger partial charge on any atom is 0.132 e. The minimum atomic E-state index is -0.113. The summed E-state index contributed by atoms with van der Waals surface area (Å²) in [4.78, 5) is 11.2. The van der Waals surface area contributed by atoms with Gasteiger partial charge in [0.1, 0.15) is 23.9 Å². The Morgan fingerprint density at radius 3 is 1.74 bits per heavy atom. The summed E-state index contributed by atoms with van der Waals surface area (Å²) in [6.45, 7) is 0. The maximum atomic E-state index is 6.61. The molecule has 4 atom stereocenters. The number of fused-ring (bicyclic) bond motifs is 9. The third kappa shape index (κ3) is 3.74. The van der Waals surface area contributed by atoms with Crippen LogP contribution in [0.25, 0.3) is 22.3 Å². The molecule has 4 aliphatic rings. The normalized spacial score (nSPS) is 22.2. The lowest BCUT2D eigenvalue weighted by Crippen LogP contribution is -2.28. The highest BCUT2D eigenvalue weighted by Gasteiger charge is 2.39. The summed E-state index contributed by atoms with van der Waals surface area (Å²) in [5.74, 6) is 1.20. The van der Waals surface area contributed by atoms with E-state index in [0.29, 0.717) is 0 Å². The highest BCUT2D eigenvalue weighted by Crippen LogP contribution is 2.51. The maximum absolute atomic E-state index is 6.61. The summed E-state index contributed by atoms with van der Waals surface area (Å²) in [6.07, 6.45) is 8.63. The quantitative estimate of drug-likeness (QED) is 0.220. The molecule has 3 heteroatoms. The Kier molecular flexibility index (Phi) is 5.45. The monoisotopic (exact) mass is 552 g/mol. The summed E-state index contributed by atoms with van der Waals surface area (Å²) >= 11 is 0. The van der Waals surface area contributed by atoms with E-state index in [1.54, 1.807) is 0 Å². The SMILES string of the molecule is C1=CC2Oc3c(-c4ccccc4C4=NC5c6ccccc6-c6ccccc6C5N=C4c4ccccc4)cccc3C2C=C1. The highest BCUT2D eigenvalue weighted by molar-refractivity contribution is 6.54. The smallest absolute Gasteiger partial charge is 0.132 e. The first-order valence-corrected chi connectivity index (χ1v) is 15.0. The minimum absolute atomic E-state index is 0.0290. The topological polar surface area (TPSA) is 34.0 Å². The molecule has 0 saturated carbocycles. The van der Waals surface area contributed by atoms with Gasteiger partial charge in [0.2, 0.25) is 0 Å². The fourth-order valence-electron chi connectivity index (χ4n) is 7.23. The van der Waals surface area contributed by atoms with E-state index < -0.39 is 0 Å². The van der Waals surface area contributed by atoms with Crippen LogP contribution in [0.3, 0.4) is 0 Å². The molecule has 43 heavy (non-hydrogen) atoms. The standard InChI is InChI=1S/C40H28N2O/c1-2-13-25(14-3-1)36-37(42-39-31-20-8-5-16-27(31)26-15-4-7-19-30(26)38(39)41-36)32-21-9-6-17-28(32)33-22-12-23-34-29-18-10-11-24-35(29)43-40(33)34/h1-24,29,35,38-39H. The van der Waals surface area contributed by atoms with Gasteiger partial charge in [0, 0.05) is 28.2 Å². The Labute approximate surface area is 251 Å². The third-order valence-electron chi connectivity index (χ3n) is 9.17. The zero-order valence-corrected chi connectivity index (χ0v) is 23.5. The molecular formula is C40H28N2O. The molecule has 3 nitrogen and oxygen atoms in total. The molecule has 0 spiro atoms. The van der Waals surface area contributed by atoms with Crippen molar-refractivity contribution in [2.24, 2.45) is 9.98 Å². The van der Waals surface area contributed by atoms with Gasteiger partial charge in [-0.1, -0.05) is 140 Å². The van der Waals surface area contributed by atoms with Gasteiger partial charge in [-0.3, -0.25) is 9.98 Å². The van der Waals surface area contributed by atoms with Crippen LogP contribution in [0.15, 0.2) is 156 Å². The Morgan fingerprint density at radius 1 is 0.442 bits per heavy atom. The molecule has 0 bridgehead atoms. The molecule has 9 rings (SSSR count). The van der Waals surface area contributed by atoms with E-state index in [-0.39, 0.29) is 24.1 Å². The van der Waals surface area contributed by atoms with E-state index in [0.717, 1.165) is 39.4 Å². The zero-order valence-electron chi connectivity index (χ0n) is 23.5. The van der Waals surface area contributed by atoms with Gasteiger partial charge in [0.05, 0.1) is 11.4 Å². The second-order valence-corrected chi connectivity index (χ2v) is 11.5. The molecule has 5 aromatic carbocycles. The Morgan fingerprint density at radius 2 is 1.00 bits per heavy atom. The summed E-state index contributed by atoms with van der Waals surface area (Å²) in [6, 6.07) is 42.8. The average molecular weight is 553 g/mol. The van der Waals surface area contributed by atoms with Crippen molar-refractivity contribution in [2.45, 2.75) is 24.1 Å². The molecule has 0 fully saturated rings. The van der Waals surface area contributed by atoms with Crippen molar-refractivity contribution in [2.75, 3.05) is 0 Å². The van der Waals surface area contributed by atoms with Crippen LogP contribution >= 0.6 is 0 Å². The van der Waals surface area contributed by atoms with Crippen molar-refractivity contribution in [3.05, 3.63) is 173 Å². The van der Waals surface area contributed by atoms with E-state index >= 15 is 0 Å². The van der Waals surface area contributed by atoms with Gasteiger partial charge in [-0.15, -0.1) is 0 Å². The number of benzene rings is 5. The van der Waals surface area contributed by atoms with Crippen LogP contribution in [0.4, 0.5) is 0 Å². The highest BCUT2D eigenvalue weighted by atomic mass is 16.5. The molecule has 0 saturated heterocycles. The number of nitrogens with zero attached hydrogens (tertiary/aromatic N) is 2. The van der Waals surface area contributed by atoms with Crippen molar-refractivity contribution in [1.29, 1.82) is 0 Å². The lowest BCUT2D eigenvalue weighted by atomic mass is 9.78. The number of hydrogen-bond donors (Lipinski definition) is 0. The molecule has 204 valence electrons. The van der Waals surface area contributed by atoms with Gasteiger partial charge in [0.25, 0.3) is 0 Å². The van der Waals surface area contributed by atoms with Crippen LogP contribution in [0, 0.1) is 0 Å². The lowest BCUT2D eigenvalue weighted by molar-refractivity contribution is 0.270. The largest absolute Gasteiger partial charge is 0.484 e. The Hall–Kier alpha value is -5.28. The number of rotatable bonds is 3. The number of ether oxygens (including phenoxy) is 1. The van der Waals surface area contributed by atoms with E-state index in [2.05, 4.69) is 146 Å². The first kappa shape index (κ1) is 24.3. The first-order chi connectivity index (χ1) is 21.3. The average Bonchev–Trinajstić information content (AvgIpc) is 3.47. The fraction of sp³-hybridized carbons (Fsp3) is 0.100. The van der Waals surface area contributed by atoms with Gasteiger partial charge in [-0.25, -0.2) is 0 Å². The van der Waals surface area contributed by atoms with Crippen LogP contribution in [-0.2, 0) is 0 Å². The first-order valence-electron chi connectivity index (χ1n) is 15.0. The van der Waals surface area contributed by atoms with Crippen LogP contribution in [0.5, 0.6) is 5.75 Å². The summed E-state index contributed by atoms with van der Waals surface area (Å²) in [5.41, 5.74) is 12.4. The predicted molar refractivity (Wildman–Crippen MR) is 174 cm³/mol. The summed E-state index contributed by atoms with van der Waals surface area (Å²) in [5, 5.41) is 0.